The number of hydrogen-bond donors (Lipinski definition) is 3. The summed E-state index contributed by atoms with van der Waals surface area (Å²) >= 11 is 0. The predicted molar refractivity (Wildman–Crippen MR) is 62.6 cm³/mol. The molecule has 1 heterocycles. The van der Waals surface area contributed by atoms with Gasteiger partial charge in [-0.3, -0.25) is 0 Å². The average molecular weight is 222 g/mol. The highest BCUT2D eigenvalue weighted by Gasteiger charge is 2.23. The quantitative estimate of drug-likeness (QED) is 0.670. The van der Waals surface area contributed by atoms with E-state index in [9.17, 15) is 5.11 Å². The maximum absolute atomic E-state index is 9.35. The molecule has 0 aromatic heterocycles. The molecule has 16 heavy (non-hydrogen) atoms. The third kappa shape index (κ3) is 2.95. The molecular formula is C12H18N2O2. The lowest BCUT2D eigenvalue weighted by molar-refractivity contribution is 0.0777. The Morgan fingerprint density at radius 3 is 2.75 bits per heavy atom. The number of aliphatic hydroxyl groups excluding tert-OH is 1. The summed E-state index contributed by atoms with van der Waals surface area (Å²) in [5, 5.41) is 16.0. The molecule has 88 valence electrons. The lowest BCUT2D eigenvalue weighted by atomic mass is 10.1. The van der Waals surface area contributed by atoms with Crippen molar-refractivity contribution in [3.8, 4) is 5.75 Å². The van der Waals surface area contributed by atoms with Crippen LogP contribution in [0.25, 0.3) is 0 Å². The Labute approximate surface area is 95.6 Å². The van der Waals surface area contributed by atoms with Gasteiger partial charge in [0.1, 0.15) is 11.9 Å². The molecule has 3 N–H and O–H groups in total. The number of aliphatic hydroxyl groups is 1. The van der Waals surface area contributed by atoms with Gasteiger partial charge in [0.05, 0.1) is 12.6 Å². The lowest BCUT2D eigenvalue weighted by Gasteiger charge is -2.31. The van der Waals surface area contributed by atoms with Crippen molar-refractivity contribution < 1.29 is 9.84 Å². The fourth-order valence-corrected chi connectivity index (χ4v) is 1.86. The molecule has 1 aliphatic rings. The monoisotopic (exact) mass is 222 g/mol. The van der Waals surface area contributed by atoms with Crippen LogP contribution in [0.5, 0.6) is 5.75 Å². The Morgan fingerprint density at radius 1 is 1.31 bits per heavy atom. The molecule has 0 aliphatic carbocycles. The number of nitrogens with one attached hydrogen (secondary N) is 2. The van der Waals surface area contributed by atoms with Crippen LogP contribution in [-0.4, -0.2) is 43.5 Å². The van der Waals surface area contributed by atoms with Crippen LogP contribution in [0.1, 0.15) is 0 Å². The van der Waals surface area contributed by atoms with Crippen LogP contribution < -0.4 is 15.4 Å². The number of hydrogen-bond acceptors (Lipinski definition) is 4. The van der Waals surface area contributed by atoms with Crippen LogP contribution in [-0.2, 0) is 0 Å². The minimum absolute atomic E-state index is 0.0221. The van der Waals surface area contributed by atoms with Crippen molar-refractivity contribution >= 4 is 0 Å². The van der Waals surface area contributed by atoms with Gasteiger partial charge in [-0.05, 0) is 12.1 Å². The molecule has 0 saturated carbocycles. The molecule has 2 unspecified atom stereocenters. The summed E-state index contributed by atoms with van der Waals surface area (Å²) in [6.45, 7) is 2.74. The fourth-order valence-electron chi connectivity index (χ4n) is 1.86. The van der Waals surface area contributed by atoms with Gasteiger partial charge in [0.15, 0.2) is 0 Å². The summed E-state index contributed by atoms with van der Waals surface area (Å²) < 4.78 is 5.75. The van der Waals surface area contributed by atoms with Crippen LogP contribution in [0, 0.1) is 0 Å². The van der Waals surface area contributed by atoms with E-state index in [0.29, 0.717) is 0 Å². The van der Waals surface area contributed by atoms with Gasteiger partial charge in [-0.15, -0.1) is 0 Å². The van der Waals surface area contributed by atoms with Crippen molar-refractivity contribution in [1.82, 2.24) is 10.6 Å². The van der Waals surface area contributed by atoms with Crippen molar-refractivity contribution in [2.75, 3.05) is 26.2 Å². The molecule has 2 atom stereocenters. The highest BCUT2D eigenvalue weighted by Crippen LogP contribution is 2.12. The Hall–Kier alpha value is -1.10. The highest BCUT2D eigenvalue weighted by molar-refractivity contribution is 5.21. The fraction of sp³-hybridized carbons (Fsp3) is 0.500. The van der Waals surface area contributed by atoms with Gasteiger partial charge < -0.3 is 20.5 Å². The standard InChI is InChI=1S/C12H18N2O2/c15-9-12(11-8-13-6-7-14-11)16-10-4-2-1-3-5-10/h1-5,11-15H,6-9H2. The molecule has 0 spiro atoms. The second-order valence-electron chi connectivity index (χ2n) is 3.92. The number of piperazine rings is 1. The summed E-state index contributed by atoms with van der Waals surface area (Å²) in [6, 6.07) is 9.77. The number of benzene rings is 1. The normalized spacial score (nSPS) is 22.7. The van der Waals surface area contributed by atoms with E-state index < -0.39 is 0 Å². The zero-order valence-electron chi connectivity index (χ0n) is 9.23. The van der Waals surface area contributed by atoms with Crippen LogP contribution in [0.2, 0.25) is 0 Å². The second kappa shape index (κ2) is 5.84. The summed E-state index contributed by atoms with van der Waals surface area (Å²) in [5.74, 6) is 0.800. The SMILES string of the molecule is OCC(Oc1ccccc1)C1CNCCN1. The molecule has 0 bridgehead atoms. The molecule has 1 aromatic rings. The van der Waals surface area contributed by atoms with Gasteiger partial charge in [-0.1, -0.05) is 18.2 Å². The summed E-state index contributed by atoms with van der Waals surface area (Å²) in [7, 11) is 0. The molecule has 1 aromatic carbocycles. The van der Waals surface area contributed by atoms with Crippen molar-refractivity contribution in [3.63, 3.8) is 0 Å². The highest BCUT2D eigenvalue weighted by atomic mass is 16.5. The second-order valence-corrected chi connectivity index (χ2v) is 3.92. The summed E-state index contributed by atoms with van der Waals surface area (Å²) in [6.07, 6.45) is -0.199. The Kier molecular flexibility index (Phi) is 4.16. The third-order valence-corrected chi connectivity index (χ3v) is 2.73. The summed E-state index contributed by atoms with van der Waals surface area (Å²) in [5.41, 5.74) is 0. The van der Waals surface area contributed by atoms with Crippen LogP contribution >= 0.6 is 0 Å². The zero-order valence-corrected chi connectivity index (χ0v) is 9.23. The Bertz CT molecular complexity index is 299. The molecule has 4 nitrogen and oxygen atoms in total. The van der Waals surface area contributed by atoms with E-state index in [0.717, 1.165) is 25.4 Å². The van der Waals surface area contributed by atoms with Crippen molar-refractivity contribution in [2.45, 2.75) is 12.1 Å². The first-order valence-corrected chi connectivity index (χ1v) is 5.67. The van der Waals surface area contributed by atoms with E-state index >= 15 is 0 Å². The summed E-state index contributed by atoms with van der Waals surface area (Å²) in [4.78, 5) is 0. The third-order valence-electron chi connectivity index (χ3n) is 2.73. The minimum Gasteiger partial charge on any atom is -0.486 e. The first-order valence-electron chi connectivity index (χ1n) is 5.67. The first-order chi connectivity index (χ1) is 7.90. The van der Waals surface area contributed by atoms with E-state index in [1.54, 1.807) is 0 Å². The average Bonchev–Trinajstić information content (AvgIpc) is 2.38. The predicted octanol–water partition coefficient (Wildman–Crippen LogP) is -0.0123. The topological polar surface area (TPSA) is 53.5 Å². The molecule has 4 heteroatoms. The largest absolute Gasteiger partial charge is 0.486 e. The molecular weight excluding hydrogens is 204 g/mol. The van der Waals surface area contributed by atoms with E-state index in [-0.39, 0.29) is 18.8 Å². The Balaban J connectivity index is 1.94. The lowest BCUT2D eigenvalue weighted by Crippen LogP contribution is -2.56. The number of ether oxygens (including phenoxy) is 1. The van der Waals surface area contributed by atoms with Crippen LogP contribution in [0.4, 0.5) is 0 Å². The molecule has 1 aliphatic heterocycles. The van der Waals surface area contributed by atoms with Gasteiger partial charge in [0, 0.05) is 19.6 Å². The van der Waals surface area contributed by atoms with Crippen molar-refractivity contribution in [3.05, 3.63) is 30.3 Å². The Morgan fingerprint density at radius 2 is 2.12 bits per heavy atom. The van der Waals surface area contributed by atoms with Gasteiger partial charge in [-0.25, -0.2) is 0 Å². The van der Waals surface area contributed by atoms with E-state index in [1.807, 2.05) is 30.3 Å². The van der Waals surface area contributed by atoms with Crippen molar-refractivity contribution in [2.24, 2.45) is 0 Å². The van der Waals surface area contributed by atoms with Crippen molar-refractivity contribution in [1.29, 1.82) is 0 Å². The van der Waals surface area contributed by atoms with Crippen LogP contribution in [0.15, 0.2) is 30.3 Å². The van der Waals surface area contributed by atoms with E-state index in [1.165, 1.54) is 0 Å². The molecule has 2 rings (SSSR count). The smallest absolute Gasteiger partial charge is 0.138 e. The number of para-hydroxylation sites is 1. The maximum atomic E-state index is 9.35. The zero-order chi connectivity index (χ0) is 11.2. The first kappa shape index (κ1) is 11.4. The minimum atomic E-state index is -0.199. The van der Waals surface area contributed by atoms with Gasteiger partial charge in [0.2, 0.25) is 0 Å². The van der Waals surface area contributed by atoms with E-state index in [2.05, 4.69) is 10.6 Å². The van der Waals surface area contributed by atoms with Crippen LogP contribution in [0.3, 0.4) is 0 Å². The molecule has 0 amide bonds. The van der Waals surface area contributed by atoms with Gasteiger partial charge in [-0.2, -0.15) is 0 Å². The van der Waals surface area contributed by atoms with Gasteiger partial charge >= 0.3 is 0 Å². The van der Waals surface area contributed by atoms with Gasteiger partial charge in [0.25, 0.3) is 0 Å². The number of rotatable bonds is 4. The van der Waals surface area contributed by atoms with E-state index in [4.69, 9.17) is 4.74 Å². The molecule has 1 fully saturated rings. The molecule has 1 saturated heterocycles. The molecule has 0 radical (unpaired) electrons. The maximum Gasteiger partial charge on any atom is 0.138 e.